The quantitative estimate of drug-likeness (QED) is 0.860. The molecular weight excluding hydrogens is 287 g/mol. The molecule has 0 fully saturated rings. The van der Waals surface area contributed by atoms with Crippen molar-refractivity contribution in [2.45, 2.75) is 20.0 Å². The molecule has 6 nitrogen and oxygen atoms in total. The number of aromatic nitrogens is 2. The molecule has 0 aliphatic heterocycles. The van der Waals surface area contributed by atoms with Crippen LogP contribution < -0.4 is 10.1 Å². The van der Waals surface area contributed by atoms with E-state index >= 15 is 0 Å². The van der Waals surface area contributed by atoms with E-state index in [1.54, 1.807) is 0 Å². The number of hydrogen-bond acceptors (Lipinski definition) is 6. The standard InChI is InChI=1S/C5H3F3N2O3S.C4H11N/c6-5(7,8)3-9-4(14-10-3)13-1-2(11)12;1-3-5-4-2/h1H2,(H,11,12);5H,3-4H2,1-2H3. The Morgan fingerprint density at radius 3 is 2.32 bits per heavy atom. The maximum Gasteiger partial charge on any atom is 0.452 e. The number of carboxylic acid groups (broad SMARTS) is 1. The van der Waals surface area contributed by atoms with Gasteiger partial charge in [0.05, 0.1) is 0 Å². The van der Waals surface area contributed by atoms with E-state index < -0.39 is 29.8 Å². The van der Waals surface area contributed by atoms with Gasteiger partial charge in [0, 0.05) is 11.5 Å². The second-order valence-corrected chi connectivity index (χ2v) is 3.74. The summed E-state index contributed by atoms with van der Waals surface area (Å²) < 4.78 is 43.1. The molecule has 110 valence electrons. The molecule has 0 saturated carbocycles. The fourth-order valence-electron chi connectivity index (χ4n) is 0.757. The van der Waals surface area contributed by atoms with Crippen LogP contribution in [0.4, 0.5) is 13.2 Å². The monoisotopic (exact) mass is 301 g/mol. The van der Waals surface area contributed by atoms with Crippen molar-refractivity contribution < 1.29 is 27.8 Å². The van der Waals surface area contributed by atoms with Crippen molar-refractivity contribution in [1.29, 1.82) is 0 Å². The van der Waals surface area contributed by atoms with Crippen molar-refractivity contribution in [3.63, 3.8) is 0 Å². The van der Waals surface area contributed by atoms with Gasteiger partial charge in [-0.1, -0.05) is 13.8 Å². The Kier molecular flexibility index (Phi) is 8.00. The van der Waals surface area contributed by atoms with Gasteiger partial charge in [-0.05, 0) is 13.1 Å². The average molecular weight is 301 g/mol. The van der Waals surface area contributed by atoms with Gasteiger partial charge in [-0.3, -0.25) is 0 Å². The van der Waals surface area contributed by atoms with Crippen molar-refractivity contribution in [3.05, 3.63) is 5.82 Å². The van der Waals surface area contributed by atoms with Gasteiger partial charge in [0.25, 0.3) is 11.0 Å². The van der Waals surface area contributed by atoms with E-state index in [2.05, 4.69) is 33.3 Å². The number of alkyl halides is 3. The van der Waals surface area contributed by atoms with Crippen LogP contribution in [0.5, 0.6) is 5.19 Å². The van der Waals surface area contributed by atoms with Gasteiger partial charge in [0.2, 0.25) is 0 Å². The summed E-state index contributed by atoms with van der Waals surface area (Å²) in [4.78, 5) is 12.9. The SMILES string of the molecule is CCNCC.O=C(O)COc1nc(C(F)(F)F)ns1. The van der Waals surface area contributed by atoms with Crippen molar-refractivity contribution >= 4 is 17.5 Å². The van der Waals surface area contributed by atoms with Crippen LogP contribution in [0.1, 0.15) is 19.7 Å². The molecule has 0 aliphatic carbocycles. The molecule has 1 heterocycles. The van der Waals surface area contributed by atoms with Crippen LogP contribution in [0, 0.1) is 0 Å². The lowest BCUT2D eigenvalue weighted by Crippen LogP contribution is -2.10. The largest absolute Gasteiger partial charge is 0.479 e. The highest BCUT2D eigenvalue weighted by Gasteiger charge is 2.36. The number of halogens is 3. The molecule has 1 aromatic rings. The van der Waals surface area contributed by atoms with Crippen LogP contribution in [0.25, 0.3) is 0 Å². The zero-order chi connectivity index (χ0) is 14.9. The average Bonchev–Trinajstić information content (AvgIpc) is 2.76. The Balaban J connectivity index is 0.000000555. The Bertz CT molecular complexity index is 382. The molecule has 0 atom stereocenters. The number of nitrogens with one attached hydrogen (secondary N) is 1. The van der Waals surface area contributed by atoms with E-state index in [0.29, 0.717) is 11.5 Å². The van der Waals surface area contributed by atoms with Gasteiger partial charge in [0.1, 0.15) is 0 Å². The molecule has 19 heavy (non-hydrogen) atoms. The predicted molar refractivity (Wildman–Crippen MR) is 62.3 cm³/mol. The summed E-state index contributed by atoms with van der Waals surface area (Å²) in [7, 11) is 0. The van der Waals surface area contributed by atoms with E-state index in [-0.39, 0.29) is 0 Å². The van der Waals surface area contributed by atoms with Crippen molar-refractivity contribution in [1.82, 2.24) is 14.7 Å². The maximum absolute atomic E-state index is 11.9. The number of ether oxygens (including phenoxy) is 1. The summed E-state index contributed by atoms with van der Waals surface area (Å²) in [5.74, 6) is -2.63. The van der Waals surface area contributed by atoms with Crippen LogP contribution in [-0.2, 0) is 11.0 Å². The van der Waals surface area contributed by atoms with E-state index in [1.807, 2.05) is 0 Å². The molecule has 0 radical (unpaired) electrons. The number of hydrogen-bond donors (Lipinski definition) is 2. The van der Waals surface area contributed by atoms with Crippen LogP contribution in [0.3, 0.4) is 0 Å². The van der Waals surface area contributed by atoms with Crippen LogP contribution in [0.2, 0.25) is 0 Å². The topological polar surface area (TPSA) is 84.3 Å². The predicted octanol–water partition coefficient (Wildman–Crippen LogP) is 1.64. The molecule has 0 amide bonds. The summed E-state index contributed by atoms with van der Waals surface area (Å²) in [5, 5.41) is 10.8. The summed E-state index contributed by atoms with van der Waals surface area (Å²) in [6.45, 7) is 5.65. The summed E-state index contributed by atoms with van der Waals surface area (Å²) in [5.41, 5.74) is 0. The lowest BCUT2D eigenvalue weighted by atomic mass is 10.6. The van der Waals surface area contributed by atoms with Crippen molar-refractivity contribution in [3.8, 4) is 5.19 Å². The van der Waals surface area contributed by atoms with Gasteiger partial charge >= 0.3 is 12.1 Å². The van der Waals surface area contributed by atoms with Gasteiger partial charge < -0.3 is 15.2 Å². The highest BCUT2D eigenvalue weighted by Crippen LogP contribution is 2.29. The molecule has 0 aliphatic rings. The number of rotatable bonds is 5. The van der Waals surface area contributed by atoms with Gasteiger partial charge in [-0.25, -0.2) is 4.79 Å². The number of nitrogens with zero attached hydrogens (tertiary/aromatic N) is 2. The fraction of sp³-hybridized carbons (Fsp3) is 0.667. The molecule has 0 saturated heterocycles. The Morgan fingerprint density at radius 2 is 2.00 bits per heavy atom. The first-order chi connectivity index (χ1) is 8.81. The van der Waals surface area contributed by atoms with Crippen molar-refractivity contribution in [2.75, 3.05) is 19.7 Å². The molecule has 2 N–H and O–H groups in total. The molecule has 0 unspecified atom stereocenters. The van der Waals surface area contributed by atoms with Gasteiger partial charge in [-0.2, -0.15) is 22.5 Å². The Morgan fingerprint density at radius 1 is 1.42 bits per heavy atom. The first kappa shape index (κ1) is 17.6. The number of carbonyl (C=O) groups is 1. The highest BCUT2D eigenvalue weighted by molar-refractivity contribution is 7.07. The molecular formula is C9H14F3N3O3S. The minimum atomic E-state index is -4.64. The fourth-order valence-corrected chi connectivity index (χ4v) is 1.30. The Hall–Kier alpha value is -1.42. The second kappa shape index (κ2) is 8.64. The van der Waals surface area contributed by atoms with Gasteiger partial charge in [-0.15, -0.1) is 0 Å². The van der Waals surface area contributed by atoms with E-state index in [1.165, 1.54) is 0 Å². The highest BCUT2D eigenvalue weighted by atomic mass is 32.1. The summed E-state index contributed by atoms with van der Waals surface area (Å²) in [6.07, 6.45) is -4.64. The molecule has 10 heteroatoms. The van der Waals surface area contributed by atoms with E-state index in [9.17, 15) is 18.0 Å². The smallest absolute Gasteiger partial charge is 0.452 e. The zero-order valence-corrected chi connectivity index (χ0v) is 11.1. The third kappa shape index (κ3) is 8.32. The minimum Gasteiger partial charge on any atom is -0.479 e. The maximum atomic E-state index is 11.9. The molecule has 0 aromatic carbocycles. The molecule has 1 rings (SSSR count). The van der Waals surface area contributed by atoms with Gasteiger partial charge in [0.15, 0.2) is 6.61 Å². The van der Waals surface area contributed by atoms with Crippen LogP contribution in [-0.4, -0.2) is 40.1 Å². The molecule has 1 aromatic heterocycles. The lowest BCUT2D eigenvalue weighted by molar-refractivity contribution is -0.144. The zero-order valence-electron chi connectivity index (χ0n) is 10.3. The Labute approximate surface area is 111 Å². The normalized spacial score (nSPS) is 10.6. The minimum absolute atomic E-state index is 0.352. The first-order valence-electron chi connectivity index (χ1n) is 5.27. The van der Waals surface area contributed by atoms with E-state index in [0.717, 1.165) is 13.1 Å². The van der Waals surface area contributed by atoms with Crippen molar-refractivity contribution in [2.24, 2.45) is 0 Å². The summed E-state index contributed by atoms with van der Waals surface area (Å²) >= 11 is 0.352. The molecule has 0 spiro atoms. The summed E-state index contributed by atoms with van der Waals surface area (Å²) in [6, 6.07) is 0. The molecule has 0 bridgehead atoms. The first-order valence-corrected chi connectivity index (χ1v) is 6.04. The lowest BCUT2D eigenvalue weighted by Gasteiger charge is -1.98. The van der Waals surface area contributed by atoms with E-state index in [4.69, 9.17) is 5.11 Å². The van der Waals surface area contributed by atoms with Crippen LogP contribution >= 0.6 is 11.5 Å². The van der Waals surface area contributed by atoms with Crippen LogP contribution in [0.15, 0.2) is 0 Å². The second-order valence-electron chi connectivity index (χ2n) is 3.02. The third-order valence-electron chi connectivity index (χ3n) is 1.48. The third-order valence-corrected chi connectivity index (χ3v) is 2.11. The number of carboxylic acids is 1. The number of aliphatic carboxylic acids is 1.